The molecule has 0 fully saturated rings. The van der Waals surface area contributed by atoms with Crippen molar-refractivity contribution in [3.63, 3.8) is 0 Å². The summed E-state index contributed by atoms with van der Waals surface area (Å²) in [4.78, 5) is 23.3. The van der Waals surface area contributed by atoms with Gasteiger partial charge in [-0.3, -0.25) is 4.79 Å². The summed E-state index contributed by atoms with van der Waals surface area (Å²) in [6, 6.07) is 5.01. The molecule has 0 saturated carbocycles. The summed E-state index contributed by atoms with van der Waals surface area (Å²) >= 11 is 0. The van der Waals surface area contributed by atoms with Gasteiger partial charge < -0.3 is 15.8 Å². The zero-order chi connectivity index (χ0) is 15.1. The topological polar surface area (TPSA) is 81.4 Å². The summed E-state index contributed by atoms with van der Waals surface area (Å²) in [7, 11) is 0. The van der Waals surface area contributed by atoms with Crippen molar-refractivity contribution in [2.75, 3.05) is 12.3 Å². The maximum atomic E-state index is 11.8. The smallest absolute Gasteiger partial charge is 0.338 e. The second kappa shape index (κ2) is 7.53. The SMILES string of the molecule is CCCC(C)NC(=O)COC(=O)c1ccc(C)c(N)c1. The van der Waals surface area contributed by atoms with Crippen LogP contribution >= 0.6 is 0 Å². The van der Waals surface area contributed by atoms with Crippen LogP contribution in [0.15, 0.2) is 18.2 Å². The molecule has 0 heterocycles. The lowest BCUT2D eigenvalue weighted by Crippen LogP contribution is -2.35. The molecule has 3 N–H and O–H groups in total. The largest absolute Gasteiger partial charge is 0.452 e. The fourth-order valence-corrected chi connectivity index (χ4v) is 1.80. The molecule has 1 atom stereocenters. The van der Waals surface area contributed by atoms with Crippen LogP contribution < -0.4 is 11.1 Å². The van der Waals surface area contributed by atoms with Crippen molar-refractivity contribution in [3.8, 4) is 0 Å². The molecule has 0 bridgehead atoms. The molecule has 5 heteroatoms. The van der Waals surface area contributed by atoms with Gasteiger partial charge in [0.2, 0.25) is 0 Å². The van der Waals surface area contributed by atoms with E-state index in [1.54, 1.807) is 18.2 Å². The van der Waals surface area contributed by atoms with Crippen molar-refractivity contribution in [3.05, 3.63) is 29.3 Å². The average molecular weight is 278 g/mol. The van der Waals surface area contributed by atoms with Crippen molar-refractivity contribution in [2.24, 2.45) is 0 Å². The third-order valence-corrected chi connectivity index (χ3v) is 2.98. The van der Waals surface area contributed by atoms with Crippen molar-refractivity contribution in [1.82, 2.24) is 5.32 Å². The second-order valence-corrected chi connectivity index (χ2v) is 4.90. The van der Waals surface area contributed by atoms with Crippen LogP contribution in [0.5, 0.6) is 0 Å². The Balaban J connectivity index is 2.46. The van der Waals surface area contributed by atoms with Crippen LogP contribution in [0, 0.1) is 6.92 Å². The maximum Gasteiger partial charge on any atom is 0.338 e. The van der Waals surface area contributed by atoms with E-state index in [1.165, 1.54) is 0 Å². The normalized spacial score (nSPS) is 11.8. The molecule has 1 aromatic carbocycles. The third kappa shape index (κ3) is 4.91. The number of ether oxygens (including phenoxy) is 1. The lowest BCUT2D eigenvalue weighted by molar-refractivity contribution is -0.124. The van der Waals surface area contributed by atoms with Gasteiger partial charge in [0.25, 0.3) is 5.91 Å². The summed E-state index contributed by atoms with van der Waals surface area (Å²) < 4.78 is 4.96. The Labute approximate surface area is 119 Å². The Kier molecular flexibility index (Phi) is 6.03. The molecule has 5 nitrogen and oxygen atoms in total. The van der Waals surface area contributed by atoms with E-state index in [9.17, 15) is 9.59 Å². The first-order chi connectivity index (χ1) is 9.43. The lowest BCUT2D eigenvalue weighted by atomic mass is 10.1. The summed E-state index contributed by atoms with van der Waals surface area (Å²) in [5.41, 5.74) is 7.50. The summed E-state index contributed by atoms with van der Waals surface area (Å²) in [6.45, 7) is 5.54. The highest BCUT2D eigenvalue weighted by Crippen LogP contribution is 2.13. The van der Waals surface area contributed by atoms with E-state index >= 15 is 0 Å². The van der Waals surface area contributed by atoms with Crippen molar-refractivity contribution < 1.29 is 14.3 Å². The molecule has 0 spiro atoms. The average Bonchev–Trinajstić information content (AvgIpc) is 2.39. The van der Waals surface area contributed by atoms with E-state index in [-0.39, 0.29) is 18.6 Å². The first kappa shape index (κ1) is 16.0. The highest BCUT2D eigenvalue weighted by Gasteiger charge is 2.12. The molecule has 0 aliphatic heterocycles. The van der Waals surface area contributed by atoms with Gasteiger partial charge >= 0.3 is 5.97 Å². The first-order valence-electron chi connectivity index (χ1n) is 6.76. The molecule has 0 aliphatic rings. The van der Waals surface area contributed by atoms with Crippen LogP contribution in [0.4, 0.5) is 5.69 Å². The molecule has 110 valence electrons. The van der Waals surface area contributed by atoms with Gasteiger partial charge in [-0.2, -0.15) is 0 Å². The molecule has 1 amide bonds. The number of anilines is 1. The highest BCUT2D eigenvalue weighted by molar-refractivity contribution is 5.92. The zero-order valence-electron chi connectivity index (χ0n) is 12.2. The van der Waals surface area contributed by atoms with Gasteiger partial charge in [-0.1, -0.05) is 19.4 Å². The van der Waals surface area contributed by atoms with Crippen LogP contribution in [-0.4, -0.2) is 24.5 Å². The fraction of sp³-hybridized carbons (Fsp3) is 0.467. The summed E-state index contributed by atoms with van der Waals surface area (Å²) in [5, 5.41) is 2.77. The minimum atomic E-state index is -0.546. The van der Waals surface area contributed by atoms with Crippen LogP contribution in [0.2, 0.25) is 0 Å². The van der Waals surface area contributed by atoms with Gasteiger partial charge in [-0.05, 0) is 38.0 Å². The Morgan fingerprint density at radius 1 is 1.40 bits per heavy atom. The Morgan fingerprint density at radius 3 is 2.70 bits per heavy atom. The lowest BCUT2D eigenvalue weighted by Gasteiger charge is -2.12. The number of hydrogen-bond donors (Lipinski definition) is 2. The van der Waals surface area contributed by atoms with Gasteiger partial charge in [0, 0.05) is 11.7 Å². The Morgan fingerprint density at radius 2 is 2.10 bits per heavy atom. The van der Waals surface area contributed by atoms with Gasteiger partial charge in [0.05, 0.1) is 5.56 Å². The molecule has 1 rings (SSSR count). The van der Waals surface area contributed by atoms with E-state index < -0.39 is 5.97 Å². The van der Waals surface area contributed by atoms with Crippen LogP contribution in [0.1, 0.15) is 42.6 Å². The monoisotopic (exact) mass is 278 g/mol. The number of amides is 1. The molecule has 1 aromatic rings. The van der Waals surface area contributed by atoms with Crippen LogP contribution in [0.25, 0.3) is 0 Å². The quantitative estimate of drug-likeness (QED) is 0.616. The molecule has 0 radical (unpaired) electrons. The number of aryl methyl sites for hydroxylation is 1. The van der Waals surface area contributed by atoms with E-state index in [1.807, 2.05) is 20.8 Å². The molecule has 0 saturated heterocycles. The van der Waals surface area contributed by atoms with Gasteiger partial charge in [-0.15, -0.1) is 0 Å². The predicted molar refractivity (Wildman–Crippen MR) is 78.4 cm³/mol. The summed E-state index contributed by atoms with van der Waals surface area (Å²) in [6.07, 6.45) is 1.89. The minimum absolute atomic E-state index is 0.0845. The molecule has 20 heavy (non-hydrogen) atoms. The Hall–Kier alpha value is -2.04. The van der Waals surface area contributed by atoms with E-state index in [2.05, 4.69) is 5.32 Å². The number of nitrogens with one attached hydrogen (secondary N) is 1. The van der Waals surface area contributed by atoms with E-state index in [0.717, 1.165) is 18.4 Å². The van der Waals surface area contributed by atoms with Crippen molar-refractivity contribution >= 4 is 17.6 Å². The number of nitrogen functional groups attached to an aromatic ring is 1. The van der Waals surface area contributed by atoms with Gasteiger partial charge in [0.15, 0.2) is 6.61 Å². The minimum Gasteiger partial charge on any atom is -0.452 e. The second-order valence-electron chi connectivity index (χ2n) is 4.90. The van der Waals surface area contributed by atoms with Crippen molar-refractivity contribution in [2.45, 2.75) is 39.7 Å². The molecular formula is C15H22N2O3. The van der Waals surface area contributed by atoms with E-state index in [4.69, 9.17) is 10.5 Å². The number of carbonyl (C=O) groups is 2. The van der Waals surface area contributed by atoms with Gasteiger partial charge in [-0.25, -0.2) is 4.79 Å². The predicted octanol–water partition coefficient (Wildman–Crippen LogP) is 2.04. The van der Waals surface area contributed by atoms with Crippen LogP contribution in [0.3, 0.4) is 0 Å². The first-order valence-corrected chi connectivity index (χ1v) is 6.76. The molecule has 0 aromatic heterocycles. The number of rotatable bonds is 6. The highest BCUT2D eigenvalue weighted by atomic mass is 16.5. The van der Waals surface area contributed by atoms with Crippen molar-refractivity contribution in [1.29, 1.82) is 0 Å². The number of carbonyl (C=O) groups excluding carboxylic acids is 2. The number of nitrogens with two attached hydrogens (primary N) is 1. The third-order valence-electron chi connectivity index (χ3n) is 2.98. The van der Waals surface area contributed by atoms with E-state index in [0.29, 0.717) is 11.3 Å². The van der Waals surface area contributed by atoms with Crippen LogP contribution in [-0.2, 0) is 9.53 Å². The van der Waals surface area contributed by atoms with Gasteiger partial charge in [0.1, 0.15) is 0 Å². The molecule has 0 aliphatic carbocycles. The molecular weight excluding hydrogens is 256 g/mol. The summed E-state index contributed by atoms with van der Waals surface area (Å²) in [5.74, 6) is -0.839. The number of benzene rings is 1. The number of esters is 1. The molecule has 1 unspecified atom stereocenters. The zero-order valence-corrected chi connectivity index (χ0v) is 12.2. The fourth-order valence-electron chi connectivity index (χ4n) is 1.80. The standard InChI is InChI=1S/C15H22N2O3/c1-4-5-11(3)17-14(18)9-20-15(19)12-7-6-10(2)13(16)8-12/h6-8,11H,4-5,9,16H2,1-3H3,(H,17,18). The maximum absolute atomic E-state index is 11.8. The Bertz CT molecular complexity index is 486. The number of hydrogen-bond acceptors (Lipinski definition) is 4.